The van der Waals surface area contributed by atoms with E-state index in [2.05, 4.69) is 56.5 Å². The second-order valence-corrected chi connectivity index (χ2v) is 16.6. The van der Waals surface area contributed by atoms with Gasteiger partial charge in [-0.05, 0) is 83.4 Å². The first-order valence-corrected chi connectivity index (χ1v) is 22.2. The van der Waals surface area contributed by atoms with Crippen molar-refractivity contribution in [2.45, 2.75) is 28.7 Å². The first-order valence-electron chi connectivity index (χ1n) is 21.4. The topological polar surface area (TPSA) is 205 Å². The average Bonchev–Trinajstić information content (AvgIpc) is 3.93. The van der Waals surface area contributed by atoms with E-state index < -0.39 is 23.4 Å². The highest BCUT2D eigenvalue weighted by molar-refractivity contribution is 9.10. The van der Waals surface area contributed by atoms with Crippen LogP contribution in [0.2, 0.25) is 0 Å². The van der Waals surface area contributed by atoms with Crippen molar-refractivity contribution in [2.24, 2.45) is 11.5 Å². The summed E-state index contributed by atoms with van der Waals surface area (Å²) in [5.41, 5.74) is 19.4. The summed E-state index contributed by atoms with van der Waals surface area (Å²) in [6.45, 7) is 13.5. The summed E-state index contributed by atoms with van der Waals surface area (Å²) in [4.78, 5) is 37.0. The maximum atomic E-state index is 13.8. The molecule has 0 aliphatic carbocycles. The van der Waals surface area contributed by atoms with Crippen molar-refractivity contribution in [3.8, 4) is 34.1 Å². The first kappa shape index (κ1) is 50.8. The fraction of sp³-hybridized carbons (Fsp3) is 0.333. The summed E-state index contributed by atoms with van der Waals surface area (Å²) >= 11 is 3.50. The van der Waals surface area contributed by atoms with Gasteiger partial charge in [0.2, 0.25) is 17.7 Å². The minimum atomic E-state index is -1.02. The van der Waals surface area contributed by atoms with Crippen LogP contribution in [0.5, 0.6) is 11.6 Å². The lowest BCUT2D eigenvalue weighted by molar-refractivity contribution is 0.0398. The summed E-state index contributed by atoms with van der Waals surface area (Å²) < 4.78 is 47.9. The number of morpholine rings is 2. The Morgan fingerprint density at radius 1 is 0.676 bits per heavy atom. The smallest absolute Gasteiger partial charge is 0.248 e. The standard InChI is InChI=1S/C26H26F2N6O3.C20H23BrN6O2.2CH4/c1-16-12-17(2-4-19(16)25(29)35)23-15-31-26-22(30-6-7-33-8-10-36-11-9-33)14-24(32-34(23)26)37-18-3-5-20(27)21(28)13-18;1-13-10-14(2-3-15(13)19(22)28)17-12-24-20-16(11-18(21)25-27(17)20)23-4-5-26-6-8-29-9-7-26;;/h2-5,12-15,30H,6-11H2,1H3,(H2,29,35);2-3,10-12,23H,4-9H2,1H3,(H2,22,28);2*1H4. The number of primary amides is 2. The molecule has 3 aromatic carbocycles. The second kappa shape index (κ2) is 22.9. The summed E-state index contributed by atoms with van der Waals surface area (Å²) in [5, 5.41) is 16.0. The third-order valence-electron chi connectivity index (χ3n) is 11.3. The summed E-state index contributed by atoms with van der Waals surface area (Å²) in [7, 11) is 0. The largest absolute Gasteiger partial charge is 0.437 e. The van der Waals surface area contributed by atoms with E-state index in [9.17, 15) is 18.4 Å². The van der Waals surface area contributed by atoms with Crippen LogP contribution >= 0.6 is 15.9 Å². The summed E-state index contributed by atoms with van der Waals surface area (Å²) in [6.07, 6.45) is 3.47. The van der Waals surface area contributed by atoms with Gasteiger partial charge < -0.3 is 36.3 Å². The number of amides is 2. The van der Waals surface area contributed by atoms with E-state index in [1.54, 1.807) is 52.6 Å². The van der Waals surface area contributed by atoms with Gasteiger partial charge in [0.05, 0.1) is 61.6 Å². The number of nitrogens with two attached hydrogens (primary N) is 2. The van der Waals surface area contributed by atoms with Gasteiger partial charge in [-0.1, -0.05) is 27.0 Å². The molecule has 2 aliphatic heterocycles. The molecule has 2 fully saturated rings. The molecule has 0 atom stereocenters. The van der Waals surface area contributed by atoms with Gasteiger partial charge in [0.1, 0.15) is 10.4 Å². The Hall–Kier alpha value is -6.58. The van der Waals surface area contributed by atoms with Crippen LogP contribution in [-0.2, 0) is 9.47 Å². The molecule has 2 amide bonds. The van der Waals surface area contributed by atoms with Gasteiger partial charge in [0, 0.05) is 86.7 Å². The number of carbonyl (C=O) groups excluding carboxylic acids is 2. The number of rotatable bonds is 14. The van der Waals surface area contributed by atoms with Gasteiger partial charge in [-0.3, -0.25) is 19.4 Å². The number of nitrogens with one attached hydrogen (secondary N) is 2. The van der Waals surface area contributed by atoms with Crippen molar-refractivity contribution in [1.82, 2.24) is 39.0 Å². The summed E-state index contributed by atoms with van der Waals surface area (Å²) in [6, 6.07) is 17.7. The number of fused-ring (bicyclic) bond motifs is 2. The van der Waals surface area contributed by atoms with Crippen molar-refractivity contribution < 1.29 is 32.6 Å². The van der Waals surface area contributed by atoms with Gasteiger partial charge in [0.15, 0.2) is 22.9 Å². The van der Waals surface area contributed by atoms with Crippen LogP contribution in [0.1, 0.15) is 46.7 Å². The van der Waals surface area contributed by atoms with Crippen LogP contribution in [-0.4, -0.2) is 130 Å². The van der Waals surface area contributed by atoms with Gasteiger partial charge >= 0.3 is 0 Å². The van der Waals surface area contributed by atoms with Crippen molar-refractivity contribution in [3.05, 3.63) is 118 Å². The minimum absolute atomic E-state index is 0. The number of ether oxygens (including phenoxy) is 3. The Morgan fingerprint density at radius 3 is 1.63 bits per heavy atom. The van der Waals surface area contributed by atoms with Crippen molar-refractivity contribution in [3.63, 3.8) is 0 Å². The second-order valence-electron chi connectivity index (χ2n) is 15.8. The Kier molecular flexibility index (Phi) is 17.2. The number of halogens is 3. The van der Waals surface area contributed by atoms with Crippen molar-refractivity contribution in [1.29, 1.82) is 0 Å². The quantitative estimate of drug-likeness (QED) is 0.0852. The SMILES string of the molecule is C.C.Cc1cc(-c2cnc3c(NCCN4CCOCC4)cc(Br)nn23)ccc1C(N)=O.Cc1cc(-c2cnc3c(NCCN4CCOCC4)cc(Oc4ccc(F)c(F)c4)nn23)ccc1C(N)=O. The van der Waals surface area contributed by atoms with Gasteiger partial charge in [0.25, 0.3) is 0 Å². The van der Waals surface area contributed by atoms with E-state index in [-0.39, 0.29) is 26.5 Å². The zero-order chi connectivity index (χ0) is 46.3. The molecule has 360 valence electrons. The number of hydrogen-bond acceptors (Lipinski definition) is 13. The number of nitrogens with zero attached hydrogens (tertiary/aromatic N) is 8. The fourth-order valence-electron chi connectivity index (χ4n) is 7.80. The third-order valence-corrected chi connectivity index (χ3v) is 11.7. The van der Waals surface area contributed by atoms with Gasteiger partial charge in [-0.15, -0.1) is 5.10 Å². The molecule has 0 radical (unpaired) electrons. The number of anilines is 2. The third kappa shape index (κ3) is 11.9. The van der Waals surface area contributed by atoms with Crippen LogP contribution in [0, 0.1) is 25.5 Å². The summed E-state index contributed by atoms with van der Waals surface area (Å²) in [5.74, 6) is -2.65. The molecule has 6 heterocycles. The molecule has 0 bridgehead atoms. The molecule has 9 rings (SSSR count). The Morgan fingerprint density at radius 2 is 1.16 bits per heavy atom. The van der Waals surface area contributed by atoms with E-state index in [4.69, 9.17) is 25.7 Å². The molecule has 6 N–H and O–H groups in total. The monoisotopic (exact) mass is 998 g/mol. The molecule has 0 spiro atoms. The predicted molar refractivity (Wildman–Crippen MR) is 262 cm³/mol. The minimum Gasteiger partial charge on any atom is -0.437 e. The fourth-order valence-corrected chi connectivity index (χ4v) is 8.18. The van der Waals surface area contributed by atoms with E-state index >= 15 is 0 Å². The lowest BCUT2D eigenvalue weighted by Crippen LogP contribution is -2.39. The number of aryl methyl sites for hydroxylation is 2. The molecule has 17 nitrogen and oxygen atoms in total. The maximum Gasteiger partial charge on any atom is 0.248 e. The van der Waals surface area contributed by atoms with Crippen molar-refractivity contribution in [2.75, 3.05) is 89.4 Å². The molecule has 2 saturated heterocycles. The van der Waals surface area contributed by atoms with Crippen LogP contribution in [0.3, 0.4) is 0 Å². The Labute approximate surface area is 401 Å². The first-order chi connectivity index (χ1) is 31.9. The molecule has 20 heteroatoms. The zero-order valence-electron chi connectivity index (χ0n) is 36.4. The van der Waals surface area contributed by atoms with E-state index in [0.29, 0.717) is 52.5 Å². The van der Waals surface area contributed by atoms with Crippen LogP contribution in [0.4, 0.5) is 20.2 Å². The highest BCUT2D eigenvalue weighted by atomic mass is 79.9. The lowest BCUT2D eigenvalue weighted by atomic mass is 10.0. The molecule has 7 aromatic rings. The van der Waals surface area contributed by atoms with E-state index in [1.807, 2.05) is 31.2 Å². The van der Waals surface area contributed by atoms with Crippen LogP contribution < -0.4 is 26.8 Å². The molecule has 68 heavy (non-hydrogen) atoms. The van der Waals surface area contributed by atoms with Gasteiger partial charge in [-0.25, -0.2) is 27.8 Å². The van der Waals surface area contributed by atoms with Gasteiger partial charge in [-0.2, -0.15) is 5.10 Å². The highest BCUT2D eigenvalue weighted by Crippen LogP contribution is 2.31. The normalized spacial score (nSPS) is 14.1. The maximum absolute atomic E-state index is 13.8. The molecular weight excluding hydrogens is 943 g/mol. The van der Waals surface area contributed by atoms with Crippen molar-refractivity contribution >= 4 is 50.4 Å². The molecule has 2 aliphatic rings. The number of carbonyl (C=O) groups is 2. The molecule has 0 unspecified atom stereocenters. The highest BCUT2D eigenvalue weighted by Gasteiger charge is 2.19. The molecular formula is C48H57BrF2N12O5. The average molecular weight is 1000 g/mol. The van der Waals surface area contributed by atoms with E-state index in [1.165, 1.54) is 6.07 Å². The van der Waals surface area contributed by atoms with E-state index in [0.717, 1.165) is 110 Å². The molecule has 0 saturated carbocycles. The Balaban J connectivity index is 0.000000223. The number of aromatic nitrogens is 6. The van der Waals surface area contributed by atoms with Crippen LogP contribution in [0.15, 0.2) is 83.7 Å². The number of imidazole rings is 2. The number of hydrogen-bond donors (Lipinski definition) is 4. The number of benzene rings is 3. The predicted octanol–water partition coefficient (Wildman–Crippen LogP) is 7.20. The lowest BCUT2D eigenvalue weighted by Gasteiger charge is -2.26. The molecule has 4 aromatic heterocycles. The zero-order valence-corrected chi connectivity index (χ0v) is 38.0. The van der Waals surface area contributed by atoms with Crippen LogP contribution in [0.25, 0.3) is 33.8 Å². The Bertz CT molecular complexity index is 2880.